The molecule has 3 fully saturated rings. The molecule has 0 saturated carbocycles. The molecule has 3 amide bonds. The summed E-state index contributed by atoms with van der Waals surface area (Å²) >= 11 is 0. The first kappa shape index (κ1) is 21.7. The van der Waals surface area contributed by atoms with Crippen LogP contribution < -0.4 is 0 Å². The van der Waals surface area contributed by atoms with Crippen LogP contribution in [0.5, 0.6) is 0 Å². The molecule has 0 bridgehead atoms. The number of hydrogen-bond acceptors (Lipinski definition) is 6. The highest BCUT2D eigenvalue weighted by atomic mass is 16.6. The molecular formula is C20H34N4O5. The van der Waals surface area contributed by atoms with Crippen molar-refractivity contribution >= 4 is 18.1 Å². The molecule has 3 saturated heterocycles. The largest absolute Gasteiger partial charge is 0.468 e. The molecule has 3 aliphatic heterocycles. The van der Waals surface area contributed by atoms with E-state index in [0.717, 1.165) is 0 Å². The minimum atomic E-state index is -0.543. The first-order valence-corrected chi connectivity index (χ1v) is 10.4. The standard InChI is InChI=1S/C20H34N4O5/c1-13(2)23-11-14(9-16(23)17(25)28-6)24-12-15-10-21(7-8-22(15)18(24)26)19(27)29-20(3,4)5/h13-16H,7-12H2,1-6H3/t14-,15+,16-/m1/s1. The summed E-state index contributed by atoms with van der Waals surface area (Å²) in [5.74, 6) is -0.248. The number of esters is 1. The molecule has 0 radical (unpaired) electrons. The second-order valence-electron chi connectivity index (χ2n) is 9.43. The number of hydrogen-bond donors (Lipinski definition) is 0. The van der Waals surface area contributed by atoms with E-state index in [9.17, 15) is 14.4 Å². The highest BCUT2D eigenvalue weighted by Gasteiger charge is 2.49. The lowest BCUT2D eigenvalue weighted by Gasteiger charge is -2.37. The van der Waals surface area contributed by atoms with Crippen LogP contribution in [0.15, 0.2) is 0 Å². The monoisotopic (exact) mass is 410 g/mol. The van der Waals surface area contributed by atoms with Gasteiger partial charge in [0, 0.05) is 44.8 Å². The normalized spacial score (nSPS) is 28.2. The predicted octanol–water partition coefficient (Wildman–Crippen LogP) is 1.37. The van der Waals surface area contributed by atoms with Gasteiger partial charge in [-0.3, -0.25) is 9.69 Å². The van der Waals surface area contributed by atoms with Gasteiger partial charge in [0.2, 0.25) is 0 Å². The molecule has 0 spiro atoms. The molecule has 3 rings (SSSR count). The van der Waals surface area contributed by atoms with Crippen molar-refractivity contribution in [2.75, 3.05) is 39.8 Å². The summed E-state index contributed by atoms with van der Waals surface area (Å²) in [5, 5.41) is 0. The molecule has 0 unspecified atom stereocenters. The Hall–Kier alpha value is -2.03. The molecule has 29 heavy (non-hydrogen) atoms. The van der Waals surface area contributed by atoms with Crippen molar-refractivity contribution in [2.24, 2.45) is 0 Å². The molecule has 0 aromatic carbocycles. The second-order valence-corrected chi connectivity index (χ2v) is 9.43. The number of methoxy groups -OCH3 is 1. The number of rotatable bonds is 3. The molecule has 0 aromatic heterocycles. The van der Waals surface area contributed by atoms with E-state index in [1.165, 1.54) is 7.11 Å². The molecule has 3 atom stereocenters. The van der Waals surface area contributed by atoms with Gasteiger partial charge in [0.1, 0.15) is 11.6 Å². The third-order valence-electron chi connectivity index (χ3n) is 5.93. The van der Waals surface area contributed by atoms with Crippen molar-refractivity contribution in [3.8, 4) is 0 Å². The van der Waals surface area contributed by atoms with E-state index in [0.29, 0.717) is 39.1 Å². The Morgan fingerprint density at radius 2 is 1.72 bits per heavy atom. The van der Waals surface area contributed by atoms with Crippen molar-refractivity contribution < 1.29 is 23.9 Å². The molecule has 164 valence electrons. The summed E-state index contributed by atoms with van der Waals surface area (Å²) < 4.78 is 10.5. The Morgan fingerprint density at radius 1 is 1.03 bits per heavy atom. The van der Waals surface area contributed by atoms with E-state index in [1.54, 1.807) is 4.90 Å². The van der Waals surface area contributed by atoms with Gasteiger partial charge in [-0.05, 0) is 41.0 Å². The lowest BCUT2D eigenvalue weighted by Crippen LogP contribution is -2.54. The van der Waals surface area contributed by atoms with Crippen LogP contribution >= 0.6 is 0 Å². The van der Waals surface area contributed by atoms with E-state index in [4.69, 9.17) is 9.47 Å². The molecular weight excluding hydrogens is 376 g/mol. The Bertz CT molecular complexity index is 662. The topological polar surface area (TPSA) is 82.6 Å². The quantitative estimate of drug-likeness (QED) is 0.654. The van der Waals surface area contributed by atoms with Gasteiger partial charge < -0.3 is 24.2 Å². The van der Waals surface area contributed by atoms with Gasteiger partial charge in [0.15, 0.2) is 0 Å². The number of amides is 3. The second kappa shape index (κ2) is 8.01. The molecule has 3 heterocycles. The number of ether oxygens (including phenoxy) is 2. The number of fused-ring (bicyclic) bond motifs is 1. The van der Waals surface area contributed by atoms with Crippen molar-refractivity contribution in [1.29, 1.82) is 0 Å². The van der Waals surface area contributed by atoms with Crippen LogP contribution in [-0.2, 0) is 14.3 Å². The summed E-state index contributed by atoms with van der Waals surface area (Å²) in [5.41, 5.74) is -0.543. The number of carbonyl (C=O) groups is 3. The average Bonchev–Trinajstić information content (AvgIpc) is 3.21. The first-order chi connectivity index (χ1) is 13.5. The molecule has 9 nitrogen and oxygen atoms in total. The van der Waals surface area contributed by atoms with Crippen molar-refractivity contribution in [2.45, 2.75) is 70.8 Å². The molecule has 0 N–H and O–H groups in total. The van der Waals surface area contributed by atoms with Crippen molar-refractivity contribution in [3.63, 3.8) is 0 Å². The summed E-state index contributed by atoms with van der Waals surface area (Å²) in [7, 11) is 1.40. The van der Waals surface area contributed by atoms with E-state index >= 15 is 0 Å². The van der Waals surface area contributed by atoms with Crippen LogP contribution in [0.1, 0.15) is 41.0 Å². The highest BCUT2D eigenvalue weighted by molar-refractivity contribution is 5.80. The number of urea groups is 1. The summed E-state index contributed by atoms with van der Waals surface area (Å²) in [6.07, 6.45) is 0.244. The van der Waals surface area contributed by atoms with Crippen molar-refractivity contribution in [1.82, 2.24) is 19.6 Å². The fourth-order valence-corrected chi connectivity index (χ4v) is 4.53. The van der Waals surface area contributed by atoms with Crippen LogP contribution in [0.25, 0.3) is 0 Å². The highest BCUT2D eigenvalue weighted by Crippen LogP contribution is 2.30. The zero-order valence-electron chi connectivity index (χ0n) is 18.4. The summed E-state index contributed by atoms with van der Waals surface area (Å²) in [6.45, 7) is 12.3. The number of carbonyl (C=O) groups excluding carboxylic acids is 3. The van der Waals surface area contributed by atoms with Gasteiger partial charge in [-0.1, -0.05) is 0 Å². The zero-order chi connectivity index (χ0) is 21.5. The zero-order valence-corrected chi connectivity index (χ0v) is 18.4. The van der Waals surface area contributed by atoms with E-state index in [1.807, 2.05) is 44.4 Å². The number of nitrogens with zero attached hydrogens (tertiary/aromatic N) is 4. The maximum Gasteiger partial charge on any atom is 0.410 e. The Labute approximate surface area is 172 Å². The van der Waals surface area contributed by atoms with E-state index in [-0.39, 0.29) is 42.3 Å². The maximum absolute atomic E-state index is 13.0. The fraction of sp³-hybridized carbons (Fsp3) is 0.850. The third kappa shape index (κ3) is 4.44. The lowest BCUT2D eigenvalue weighted by molar-refractivity contribution is -0.146. The van der Waals surface area contributed by atoms with Crippen LogP contribution in [0.2, 0.25) is 0 Å². The predicted molar refractivity (Wildman–Crippen MR) is 106 cm³/mol. The Balaban J connectivity index is 1.66. The van der Waals surface area contributed by atoms with E-state index in [2.05, 4.69) is 4.90 Å². The third-order valence-corrected chi connectivity index (χ3v) is 5.93. The first-order valence-electron chi connectivity index (χ1n) is 10.4. The van der Waals surface area contributed by atoms with Crippen LogP contribution in [0, 0.1) is 0 Å². The minimum absolute atomic E-state index is 0.00180. The van der Waals surface area contributed by atoms with Gasteiger partial charge in [-0.2, -0.15) is 0 Å². The Morgan fingerprint density at radius 3 is 2.31 bits per heavy atom. The Kier molecular flexibility index (Phi) is 5.98. The minimum Gasteiger partial charge on any atom is -0.468 e. The van der Waals surface area contributed by atoms with Crippen LogP contribution in [0.4, 0.5) is 9.59 Å². The fourth-order valence-electron chi connectivity index (χ4n) is 4.53. The molecule has 0 aromatic rings. The van der Waals surface area contributed by atoms with Crippen LogP contribution in [0.3, 0.4) is 0 Å². The van der Waals surface area contributed by atoms with E-state index < -0.39 is 5.60 Å². The molecule has 0 aliphatic carbocycles. The van der Waals surface area contributed by atoms with Gasteiger partial charge in [0.05, 0.1) is 13.2 Å². The van der Waals surface area contributed by atoms with Gasteiger partial charge >= 0.3 is 18.1 Å². The van der Waals surface area contributed by atoms with Crippen LogP contribution in [-0.4, -0.2) is 107 Å². The smallest absolute Gasteiger partial charge is 0.410 e. The lowest BCUT2D eigenvalue weighted by atomic mass is 10.1. The van der Waals surface area contributed by atoms with Crippen molar-refractivity contribution in [3.05, 3.63) is 0 Å². The van der Waals surface area contributed by atoms with Gasteiger partial charge in [0.25, 0.3) is 0 Å². The summed E-state index contributed by atoms with van der Waals surface area (Å²) in [4.78, 5) is 45.2. The maximum atomic E-state index is 13.0. The average molecular weight is 411 g/mol. The number of piperazine rings is 1. The molecule has 3 aliphatic rings. The van der Waals surface area contributed by atoms with Gasteiger partial charge in [-0.25, -0.2) is 9.59 Å². The molecule has 9 heteroatoms. The number of likely N-dealkylation sites (tertiary alicyclic amines) is 1. The SMILES string of the molecule is COC(=O)[C@H]1C[C@@H](N2C[C@@H]3CN(C(=O)OC(C)(C)C)CCN3C2=O)CN1C(C)C. The summed E-state index contributed by atoms with van der Waals surface area (Å²) in [6, 6.07) is -0.221. The van der Waals surface area contributed by atoms with Gasteiger partial charge in [-0.15, -0.1) is 0 Å².